The van der Waals surface area contributed by atoms with E-state index in [1.807, 2.05) is 63.5 Å². The van der Waals surface area contributed by atoms with E-state index in [2.05, 4.69) is 10.3 Å². The van der Waals surface area contributed by atoms with Gasteiger partial charge < -0.3 is 10.2 Å². The number of fused-ring (bicyclic) bond motifs is 1. The van der Waals surface area contributed by atoms with Crippen LogP contribution in [0.1, 0.15) is 24.1 Å². The number of hydrogen-bond acceptors (Lipinski definition) is 4. The third-order valence-corrected chi connectivity index (χ3v) is 5.75. The van der Waals surface area contributed by atoms with Crippen LogP contribution < -0.4 is 5.32 Å². The second-order valence-corrected chi connectivity index (χ2v) is 7.76. The van der Waals surface area contributed by atoms with E-state index in [0.717, 1.165) is 16.2 Å². The summed E-state index contributed by atoms with van der Waals surface area (Å²) in [5, 5.41) is 4.96. The highest BCUT2D eigenvalue weighted by atomic mass is 32.1. The van der Waals surface area contributed by atoms with Crippen molar-refractivity contribution >= 4 is 34.2 Å². The number of imidazole rings is 1. The van der Waals surface area contributed by atoms with E-state index < -0.39 is 0 Å². The Morgan fingerprint density at radius 1 is 1.21 bits per heavy atom. The molecule has 3 heterocycles. The third-order valence-electron chi connectivity index (χ3n) is 4.98. The second kappa shape index (κ2) is 8.39. The zero-order valence-electron chi connectivity index (χ0n) is 15.5. The molecular weight excluding hydrogens is 372 g/mol. The van der Waals surface area contributed by atoms with Crippen LogP contribution in [0.5, 0.6) is 0 Å². The van der Waals surface area contributed by atoms with Crippen molar-refractivity contribution in [3.63, 3.8) is 0 Å². The van der Waals surface area contributed by atoms with Crippen LogP contribution in [0.3, 0.4) is 0 Å². The van der Waals surface area contributed by atoms with Gasteiger partial charge in [0.1, 0.15) is 0 Å². The standard InChI is InChI=1S/C21H22N4O2S/c26-19(7-6-16-4-2-1-3-5-16)24-10-8-17(9-11-24)20(27)22-14-18-15-25-12-13-28-21(25)23-18/h1-7,12-13,15,17H,8-11,14H2,(H,22,27)/b7-6+. The average Bonchev–Trinajstić information content (AvgIpc) is 3.33. The summed E-state index contributed by atoms with van der Waals surface area (Å²) in [6.45, 7) is 1.65. The molecule has 1 N–H and O–H groups in total. The Kier molecular flexibility index (Phi) is 5.53. The largest absolute Gasteiger partial charge is 0.350 e. The minimum absolute atomic E-state index is 0.000733. The number of nitrogens with one attached hydrogen (secondary N) is 1. The number of rotatable bonds is 5. The molecule has 1 aliphatic rings. The lowest BCUT2D eigenvalue weighted by molar-refractivity contribution is -0.132. The summed E-state index contributed by atoms with van der Waals surface area (Å²) in [5.41, 5.74) is 1.86. The summed E-state index contributed by atoms with van der Waals surface area (Å²) in [4.78, 5) is 32.0. The van der Waals surface area contributed by atoms with Gasteiger partial charge in [-0.2, -0.15) is 0 Å². The molecule has 7 heteroatoms. The molecular formula is C21H22N4O2S. The second-order valence-electron chi connectivity index (χ2n) is 6.89. The van der Waals surface area contributed by atoms with E-state index in [-0.39, 0.29) is 17.7 Å². The topological polar surface area (TPSA) is 66.7 Å². The zero-order valence-corrected chi connectivity index (χ0v) is 16.3. The lowest BCUT2D eigenvalue weighted by Gasteiger charge is -2.30. The molecule has 1 fully saturated rings. The summed E-state index contributed by atoms with van der Waals surface area (Å²) >= 11 is 1.57. The minimum Gasteiger partial charge on any atom is -0.350 e. The minimum atomic E-state index is -0.0501. The summed E-state index contributed by atoms with van der Waals surface area (Å²) in [6, 6.07) is 9.76. The van der Waals surface area contributed by atoms with Gasteiger partial charge in [-0.3, -0.25) is 14.0 Å². The molecule has 0 unspecified atom stereocenters. The molecule has 0 radical (unpaired) electrons. The van der Waals surface area contributed by atoms with Gasteiger partial charge in [-0.15, -0.1) is 11.3 Å². The quantitative estimate of drug-likeness (QED) is 0.677. The summed E-state index contributed by atoms with van der Waals surface area (Å²) < 4.78 is 1.96. The molecule has 0 spiro atoms. The van der Waals surface area contributed by atoms with Gasteiger partial charge in [0, 0.05) is 42.9 Å². The normalized spacial score (nSPS) is 15.4. The van der Waals surface area contributed by atoms with Crippen molar-refractivity contribution in [1.29, 1.82) is 0 Å². The molecule has 2 aromatic heterocycles. The molecule has 4 rings (SSSR count). The van der Waals surface area contributed by atoms with Gasteiger partial charge in [0.05, 0.1) is 12.2 Å². The Morgan fingerprint density at radius 3 is 2.75 bits per heavy atom. The van der Waals surface area contributed by atoms with Gasteiger partial charge in [0.15, 0.2) is 4.96 Å². The number of amides is 2. The molecule has 1 saturated heterocycles. The van der Waals surface area contributed by atoms with Crippen LogP contribution in [-0.2, 0) is 16.1 Å². The van der Waals surface area contributed by atoms with Crippen molar-refractivity contribution in [2.45, 2.75) is 19.4 Å². The fraction of sp³-hybridized carbons (Fsp3) is 0.286. The molecule has 144 valence electrons. The van der Waals surface area contributed by atoms with E-state index in [0.29, 0.717) is 32.5 Å². The van der Waals surface area contributed by atoms with Crippen molar-refractivity contribution in [3.8, 4) is 0 Å². The Hall–Kier alpha value is -2.93. The van der Waals surface area contributed by atoms with Crippen molar-refractivity contribution in [2.75, 3.05) is 13.1 Å². The van der Waals surface area contributed by atoms with Crippen LogP contribution in [0.15, 0.2) is 54.2 Å². The molecule has 0 saturated carbocycles. The predicted octanol–water partition coefficient (Wildman–Crippen LogP) is 2.96. The van der Waals surface area contributed by atoms with E-state index >= 15 is 0 Å². The van der Waals surface area contributed by atoms with Crippen molar-refractivity contribution < 1.29 is 9.59 Å². The monoisotopic (exact) mass is 394 g/mol. The van der Waals surface area contributed by atoms with Crippen LogP contribution in [0.25, 0.3) is 11.0 Å². The number of nitrogens with zero attached hydrogens (tertiary/aromatic N) is 3. The number of thiazole rings is 1. The number of likely N-dealkylation sites (tertiary alicyclic amines) is 1. The Morgan fingerprint density at radius 2 is 2.00 bits per heavy atom. The van der Waals surface area contributed by atoms with E-state index in [4.69, 9.17) is 0 Å². The Labute approximate surface area is 167 Å². The molecule has 6 nitrogen and oxygen atoms in total. The smallest absolute Gasteiger partial charge is 0.246 e. The van der Waals surface area contributed by atoms with Gasteiger partial charge in [-0.25, -0.2) is 4.98 Å². The van der Waals surface area contributed by atoms with Gasteiger partial charge >= 0.3 is 0 Å². The SMILES string of the molecule is O=C(NCc1cn2ccsc2n1)C1CCN(C(=O)/C=C/c2ccccc2)CC1. The number of carbonyl (C=O) groups excluding carboxylic acids is 2. The fourth-order valence-corrected chi connectivity index (χ4v) is 4.10. The predicted molar refractivity (Wildman–Crippen MR) is 110 cm³/mol. The third kappa shape index (κ3) is 4.31. The number of carbonyl (C=O) groups is 2. The molecule has 1 aromatic carbocycles. The first-order valence-corrected chi connectivity index (χ1v) is 10.3. The van der Waals surface area contributed by atoms with Crippen LogP contribution in [0, 0.1) is 5.92 Å². The number of hydrogen-bond donors (Lipinski definition) is 1. The highest BCUT2D eigenvalue weighted by Crippen LogP contribution is 2.18. The van der Waals surface area contributed by atoms with Gasteiger partial charge in [0.25, 0.3) is 0 Å². The maximum Gasteiger partial charge on any atom is 0.246 e. The first-order valence-electron chi connectivity index (χ1n) is 9.40. The van der Waals surface area contributed by atoms with Crippen LogP contribution in [-0.4, -0.2) is 39.2 Å². The van der Waals surface area contributed by atoms with Crippen LogP contribution in [0.2, 0.25) is 0 Å². The lowest BCUT2D eigenvalue weighted by Crippen LogP contribution is -2.42. The first kappa shape index (κ1) is 18.4. The molecule has 3 aromatic rings. The molecule has 28 heavy (non-hydrogen) atoms. The molecule has 1 aliphatic heterocycles. The van der Waals surface area contributed by atoms with Gasteiger partial charge in [-0.05, 0) is 24.5 Å². The summed E-state index contributed by atoms with van der Waals surface area (Å²) in [5.74, 6) is -0.00467. The molecule has 0 bridgehead atoms. The lowest BCUT2D eigenvalue weighted by atomic mass is 9.96. The van der Waals surface area contributed by atoms with Crippen molar-refractivity contribution in [2.24, 2.45) is 5.92 Å². The number of benzene rings is 1. The van der Waals surface area contributed by atoms with E-state index in [1.54, 1.807) is 17.4 Å². The fourth-order valence-electron chi connectivity index (χ4n) is 3.38. The highest BCUT2D eigenvalue weighted by Gasteiger charge is 2.26. The van der Waals surface area contributed by atoms with E-state index in [9.17, 15) is 9.59 Å². The van der Waals surface area contributed by atoms with Gasteiger partial charge in [0.2, 0.25) is 11.8 Å². The molecule has 2 amide bonds. The van der Waals surface area contributed by atoms with Crippen LogP contribution >= 0.6 is 11.3 Å². The van der Waals surface area contributed by atoms with Crippen molar-refractivity contribution in [1.82, 2.24) is 19.6 Å². The summed E-state index contributed by atoms with van der Waals surface area (Å²) in [7, 11) is 0. The maximum absolute atomic E-state index is 12.5. The van der Waals surface area contributed by atoms with Crippen LogP contribution in [0.4, 0.5) is 0 Å². The van der Waals surface area contributed by atoms with Gasteiger partial charge in [-0.1, -0.05) is 30.3 Å². The summed E-state index contributed by atoms with van der Waals surface area (Å²) in [6.07, 6.45) is 8.71. The molecule has 0 atom stereocenters. The maximum atomic E-state index is 12.5. The zero-order chi connectivity index (χ0) is 19.3. The molecule has 0 aliphatic carbocycles. The number of piperidine rings is 1. The Bertz CT molecular complexity index is 956. The average molecular weight is 395 g/mol. The Balaban J connectivity index is 1.24. The van der Waals surface area contributed by atoms with E-state index in [1.165, 1.54) is 0 Å². The van der Waals surface area contributed by atoms with Crippen molar-refractivity contribution in [3.05, 3.63) is 65.4 Å². The number of aromatic nitrogens is 2. The first-order chi connectivity index (χ1) is 13.7. The highest BCUT2D eigenvalue weighted by molar-refractivity contribution is 7.15.